The van der Waals surface area contributed by atoms with Gasteiger partial charge in [-0.25, -0.2) is 0 Å². The van der Waals surface area contributed by atoms with Crippen LogP contribution in [0.2, 0.25) is 36.3 Å². The van der Waals surface area contributed by atoms with Crippen molar-refractivity contribution in [2.75, 3.05) is 7.11 Å². The molecule has 0 fully saturated rings. The Morgan fingerprint density at radius 3 is 1.70 bits per heavy atom. The fourth-order valence-corrected chi connectivity index (χ4v) is 9.69. The van der Waals surface area contributed by atoms with Gasteiger partial charge in [-0.1, -0.05) is 47.5 Å². The zero-order valence-corrected chi connectivity index (χ0v) is 18.7. The van der Waals surface area contributed by atoms with E-state index < -0.39 is 16.4 Å². The van der Waals surface area contributed by atoms with Crippen molar-refractivity contribution in [2.45, 2.75) is 90.3 Å². The summed E-state index contributed by atoms with van der Waals surface area (Å²) >= 11 is 0. The first-order chi connectivity index (χ1) is 10.4. The fourth-order valence-electron chi connectivity index (χ4n) is 3.42. The average Bonchev–Trinajstić information content (AvgIpc) is 2.35. The fraction of sp³-hybridized carbons (Fsp3) is 0.833. The van der Waals surface area contributed by atoms with Crippen molar-refractivity contribution < 1.29 is 14.0 Å². The van der Waals surface area contributed by atoms with Gasteiger partial charge in [-0.2, -0.15) is 0 Å². The van der Waals surface area contributed by atoms with E-state index in [2.05, 4.69) is 72.6 Å². The van der Waals surface area contributed by atoms with Crippen LogP contribution in [0.15, 0.2) is 0 Å². The second-order valence-electron chi connectivity index (χ2n) is 8.17. The highest BCUT2D eigenvalue weighted by atomic mass is 28.4. The van der Waals surface area contributed by atoms with E-state index in [1.54, 1.807) is 0 Å². The summed E-state index contributed by atoms with van der Waals surface area (Å²) in [5.74, 6) is 3.09. The first kappa shape index (κ1) is 22.4. The van der Waals surface area contributed by atoms with E-state index in [4.69, 9.17) is 9.16 Å². The summed E-state index contributed by atoms with van der Waals surface area (Å²) in [5, 5.41) is 0. The maximum Gasteiger partial charge on any atom is 0.309 e. The normalized spacial score (nSPS) is 14.0. The minimum Gasteiger partial charge on any atom is -0.469 e. The molecule has 0 N–H and O–H groups in total. The summed E-state index contributed by atoms with van der Waals surface area (Å²) in [4.78, 5) is 11.7. The standard InChI is InChI=1S/C18H36O3Si2/c1-14(2)23(15(3)4,16(5)6)12-11-17(13-18(19)20-7)21-22(8,9)10/h14-17H,13H2,1-10H3/t17-/m0/s1. The highest BCUT2D eigenvalue weighted by Gasteiger charge is 2.42. The molecule has 1 atom stereocenters. The van der Waals surface area contributed by atoms with Gasteiger partial charge in [0.25, 0.3) is 0 Å². The molecule has 134 valence electrons. The van der Waals surface area contributed by atoms with Gasteiger partial charge in [0, 0.05) is 0 Å². The number of rotatable bonds is 7. The largest absolute Gasteiger partial charge is 0.469 e. The van der Waals surface area contributed by atoms with E-state index in [0.717, 1.165) is 0 Å². The van der Waals surface area contributed by atoms with Gasteiger partial charge < -0.3 is 9.16 Å². The van der Waals surface area contributed by atoms with Gasteiger partial charge in [0.15, 0.2) is 8.32 Å². The Kier molecular flexibility index (Phi) is 8.82. The summed E-state index contributed by atoms with van der Waals surface area (Å²) in [5.41, 5.74) is 5.37. The van der Waals surface area contributed by atoms with E-state index >= 15 is 0 Å². The molecule has 0 unspecified atom stereocenters. The molecule has 0 radical (unpaired) electrons. The molecule has 0 amide bonds. The molecule has 5 heteroatoms. The van der Waals surface area contributed by atoms with Crippen LogP contribution in [-0.2, 0) is 14.0 Å². The van der Waals surface area contributed by atoms with E-state index in [1.165, 1.54) is 7.11 Å². The summed E-state index contributed by atoms with van der Waals surface area (Å²) in [6.07, 6.45) is -0.135. The average molecular weight is 357 g/mol. The highest BCUT2D eigenvalue weighted by Crippen LogP contribution is 2.40. The third-order valence-corrected chi connectivity index (χ3v) is 11.7. The van der Waals surface area contributed by atoms with Crippen LogP contribution in [0.5, 0.6) is 0 Å². The monoisotopic (exact) mass is 356 g/mol. The Hall–Kier alpha value is -0.576. The molecule has 0 aromatic heterocycles. The van der Waals surface area contributed by atoms with Crippen molar-refractivity contribution in [1.29, 1.82) is 0 Å². The quantitative estimate of drug-likeness (QED) is 0.366. The second kappa shape index (κ2) is 9.05. The molecule has 3 nitrogen and oxygen atoms in total. The van der Waals surface area contributed by atoms with Gasteiger partial charge >= 0.3 is 5.97 Å². The zero-order valence-electron chi connectivity index (χ0n) is 16.7. The maximum atomic E-state index is 11.7. The first-order valence-corrected chi connectivity index (χ1v) is 14.3. The van der Waals surface area contributed by atoms with Gasteiger partial charge in [-0.05, 0) is 36.3 Å². The lowest BCUT2D eigenvalue weighted by Crippen LogP contribution is -2.43. The van der Waals surface area contributed by atoms with Crippen molar-refractivity contribution >= 4 is 22.4 Å². The Morgan fingerprint density at radius 1 is 0.957 bits per heavy atom. The van der Waals surface area contributed by atoms with Crippen LogP contribution in [0.3, 0.4) is 0 Å². The molecule has 0 aromatic carbocycles. The number of carbonyl (C=O) groups excluding carboxylic acids is 1. The number of carbonyl (C=O) groups is 1. The summed E-state index contributed by atoms with van der Waals surface area (Å²) in [7, 11) is -2.16. The minimum atomic E-state index is -1.80. The van der Waals surface area contributed by atoms with Gasteiger partial charge in [0.05, 0.1) is 13.5 Å². The lowest BCUT2D eigenvalue weighted by atomic mass is 10.3. The molecular weight excluding hydrogens is 320 g/mol. The Balaban J connectivity index is 5.68. The van der Waals surface area contributed by atoms with Crippen molar-refractivity contribution in [2.24, 2.45) is 0 Å². The SMILES string of the molecule is COC(=O)C[C@H](C#C[Si](C(C)C)(C(C)C)C(C)C)O[Si](C)(C)C. The molecular formula is C18H36O3Si2. The summed E-state index contributed by atoms with van der Waals surface area (Å²) < 4.78 is 10.9. The Labute approximate surface area is 145 Å². The molecule has 0 heterocycles. The topological polar surface area (TPSA) is 35.5 Å². The summed E-state index contributed by atoms with van der Waals surface area (Å²) in [6, 6.07) is 0. The lowest BCUT2D eigenvalue weighted by Gasteiger charge is -2.38. The molecule has 0 aliphatic heterocycles. The van der Waals surface area contributed by atoms with Crippen molar-refractivity contribution in [3.63, 3.8) is 0 Å². The predicted molar refractivity (Wildman–Crippen MR) is 104 cm³/mol. The molecule has 0 rings (SSSR count). The van der Waals surface area contributed by atoms with Crippen LogP contribution in [0.1, 0.15) is 48.0 Å². The van der Waals surface area contributed by atoms with E-state index in [0.29, 0.717) is 16.6 Å². The molecule has 0 spiro atoms. The van der Waals surface area contributed by atoms with Crippen molar-refractivity contribution in [3.05, 3.63) is 0 Å². The van der Waals surface area contributed by atoms with Crippen LogP contribution in [0, 0.1) is 11.5 Å². The van der Waals surface area contributed by atoms with E-state index in [-0.39, 0.29) is 18.5 Å². The third kappa shape index (κ3) is 6.82. The van der Waals surface area contributed by atoms with Gasteiger partial charge in [-0.3, -0.25) is 4.79 Å². The zero-order chi connectivity index (χ0) is 18.4. The smallest absolute Gasteiger partial charge is 0.309 e. The highest BCUT2D eigenvalue weighted by molar-refractivity contribution is 6.90. The van der Waals surface area contributed by atoms with Crippen molar-refractivity contribution in [3.8, 4) is 11.5 Å². The van der Waals surface area contributed by atoms with Crippen LogP contribution >= 0.6 is 0 Å². The molecule has 0 bridgehead atoms. The van der Waals surface area contributed by atoms with E-state index in [9.17, 15) is 4.79 Å². The van der Waals surface area contributed by atoms with Crippen LogP contribution in [-0.4, -0.2) is 35.6 Å². The number of esters is 1. The molecule has 0 aliphatic rings. The molecule has 0 saturated heterocycles. The number of ether oxygens (including phenoxy) is 1. The third-order valence-electron chi connectivity index (χ3n) is 4.39. The Morgan fingerprint density at radius 2 is 1.39 bits per heavy atom. The van der Waals surface area contributed by atoms with Crippen LogP contribution < -0.4 is 0 Å². The number of methoxy groups -OCH3 is 1. The molecule has 0 aliphatic carbocycles. The van der Waals surface area contributed by atoms with Gasteiger partial charge in [-0.15, -0.1) is 5.54 Å². The first-order valence-electron chi connectivity index (χ1n) is 8.64. The van der Waals surface area contributed by atoms with Gasteiger partial charge in [0.2, 0.25) is 0 Å². The molecule has 0 saturated carbocycles. The summed E-state index contributed by atoms with van der Waals surface area (Å²) in [6.45, 7) is 20.1. The minimum absolute atomic E-state index is 0.215. The van der Waals surface area contributed by atoms with Gasteiger partial charge in [0.1, 0.15) is 14.2 Å². The molecule has 23 heavy (non-hydrogen) atoms. The second-order valence-corrected chi connectivity index (χ2v) is 18.2. The molecule has 0 aromatic rings. The predicted octanol–water partition coefficient (Wildman–Crippen LogP) is 4.99. The lowest BCUT2D eigenvalue weighted by molar-refractivity contribution is -0.141. The maximum absolute atomic E-state index is 11.7. The van der Waals surface area contributed by atoms with Crippen LogP contribution in [0.25, 0.3) is 0 Å². The number of hydrogen-bond acceptors (Lipinski definition) is 3. The van der Waals surface area contributed by atoms with Crippen LogP contribution in [0.4, 0.5) is 0 Å². The Bertz CT molecular complexity index is 418. The number of hydrogen-bond donors (Lipinski definition) is 0. The van der Waals surface area contributed by atoms with Crippen molar-refractivity contribution in [1.82, 2.24) is 0 Å². The van der Waals surface area contributed by atoms with E-state index in [1.807, 2.05) is 0 Å².